The molecule has 2 aromatic heterocycles. The van der Waals surface area contributed by atoms with Crippen LogP contribution in [-0.4, -0.2) is 49.0 Å². The molecule has 4 aromatic carbocycles. The van der Waals surface area contributed by atoms with Crippen LogP contribution in [0.25, 0.3) is 33.4 Å². The number of methoxy groups -OCH3 is 2. The average molecular weight is 833 g/mol. The highest BCUT2D eigenvalue weighted by Gasteiger charge is 2.17. The van der Waals surface area contributed by atoms with Crippen molar-refractivity contribution in [1.82, 2.24) is 9.97 Å². The molecule has 62 heavy (non-hydrogen) atoms. The maximum atomic E-state index is 13.3. The van der Waals surface area contributed by atoms with Crippen LogP contribution < -0.4 is 18.9 Å². The lowest BCUT2D eigenvalue weighted by Gasteiger charge is -2.15. The molecule has 8 nitrogen and oxygen atoms in total. The van der Waals surface area contributed by atoms with E-state index in [1.54, 1.807) is 63.0 Å². The Balaban J connectivity index is 1.09. The number of carbonyl (C=O) groups excluding carboxylic acids is 2. The summed E-state index contributed by atoms with van der Waals surface area (Å²) < 4.78 is 23.8. The standard InChI is InChI=1S/C54H60N2O6/c1-7-11-13-37(9-3)35-61-45-23-15-39(16-24-45)53(57)49-29-21-43(33-55-49)47-27-19-41(31-51(47)59-5)42-20-28-48(52(32-42)60-6)44-22-30-50(56-34-44)54(58)40-17-25-46(26-18-40)62-36-38(10-4)14-12-8-2/h15-34,37-38H,7-14,35-36H2,1-6H3. The first-order chi connectivity index (χ1) is 30.3. The number of benzene rings is 4. The highest BCUT2D eigenvalue weighted by molar-refractivity contribution is 6.08. The highest BCUT2D eigenvalue weighted by Crippen LogP contribution is 2.38. The van der Waals surface area contributed by atoms with E-state index in [1.807, 2.05) is 72.8 Å². The molecule has 2 heterocycles. The maximum absolute atomic E-state index is 13.3. The Morgan fingerprint density at radius 3 is 1.21 bits per heavy atom. The zero-order valence-corrected chi connectivity index (χ0v) is 37.1. The van der Waals surface area contributed by atoms with Gasteiger partial charge in [-0.15, -0.1) is 0 Å². The fourth-order valence-electron chi connectivity index (χ4n) is 7.52. The molecule has 0 aliphatic heterocycles. The summed E-state index contributed by atoms with van der Waals surface area (Å²) in [4.78, 5) is 35.7. The Hall–Kier alpha value is -6.28. The van der Waals surface area contributed by atoms with Crippen LogP contribution in [0.4, 0.5) is 0 Å². The summed E-state index contributed by atoms with van der Waals surface area (Å²) in [6, 6.07) is 33.9. The number of hydrogen-bond acceptors (Lipinski definition) is 8. The third kappa shape index (κ3) is 11.5. The van der Waals surface area contributed by atoms with Gasteiger partial charge in [0.1, 0.15) is 34.4 Å². The first-order valence-corrected chi connectivity index (χ1v) is 22.1. The van der Waals surface area contributed by atoms with E-state index in [0.717, 1.165) is 57.7 Å². The van der Waals surface area contributed by atoms with Gasteiger partial charge in [-0.1, -0.05) is 90.5 Å². The third-order valence-electron chi connectivity index (χ3n) is 11.6. The van der Waals surface area contributed by atoms with Crippen molar-refractivity contribution in [1.29, 1.82) is 0 Å². The SMILES string of the molecule is CCCCC(CC)COc1ccc(C(=O)c2ccc(-c3ccc(-c4ccc(-c5ccc(C(=O)c6ccc(OCC(CC)CCCC)cc6)nc5)c(OC)c4)cc3OC)cn2)cc1. The summed E-state index contributed by atoms with van der Waals surface area (Å²) in [5.41, 5.74) is 7.07. The number of rotatable bonds is 23. The van der Waals surface area contributed by atoms with Crippen LogP contribution in [0.5, 0.6) is 23.0 Å². The molecule has 0 fully saturated rings. The average Bonchev–Trinajstić information content (AvgIpc) is 3.33. The number of ketones is 2. The molecule has 0 N–H and O–H groups in total. The van der Waals surface area contributed by atoms with Crippen molar-refractivity contribution in [2.24, 2.45) is 11.8 Å². The van der Waals surface area contributed by atoms with Gasteiger partial charge in [0.2, 0.25) is 11.6 Å². The number of pyridine rings is 2. The minimum atomic E-state index is -0.150. The van der Waals surface area contributed by atoms with Crippen LogP contribution in [0.3, 0.4) is 0 Å². The monoisotopic (exact) mass is 832 g/mol. The van der Waals surface area contributed by atoms with Gasteiger partial charge < -0.3 is 18.9 Å². The molecular weight excluding hydrogens is 773 g/mol. The number of unbranched alkanes of at least 4 members (excludes halogenated alkanes) is 2. The summed E-state index contributed by atoms with van der Waals surface area (Å²) in [7, 11) is 3.28. The van der Waals surface area contributed by atoms with E-state index in [-0.39, 0.29) is 11.6 Å². The van der Waals surface area contributed by atoms with E-state index in [0.29, 0.717) is 59.1 Å². The van der Waals surface area contributed by atoms with Crippen LogP contribution in [-0.2, 0) is 0 Å². The van der Waals surface area contributed by atoms with Crippen LogP contribution in [0.2, 0.25) is 0 Å². The van der Waals surface area contributed by atoms with Gasteiger partial charge >= 0.3 is 0 Å². The molecule has 8 heteroatoms. The normalized spacial score (nSPS) is 12.0. The topological polar surface area (TPSA) is 96.8 Å². The molecule has 6 rings (SSSR count). The maximum Gasteiger partial charge on any atom is 0.211 e. The third-order valence-corrected chi connectivity index (χ3v) is 11.6. The van der Waals surface area contributed by atoms with Crippen molar-refractivity contribution in [3.63, 3.8) is 0 Å². The van der Waals surface area contributed by atoms with E-state index in [4.69, 9.17) is 18.9 Å². The zero-order chi connectivity index (χ0) is 43.8. The van der Waals surface area contributed by atoms with Crippen molar-refractivity contribution in [3.8, 4) is 56.4 Å². The van der Waals surface area contributed by atoms with Crippen LogP contribution in [0.1, 0.15) is 111 Å². The van der Waals surface area contributed by atoms with Crippen molar-refractivity contribution in [2.75, 3.05) is 27.4 Å². The second-order valence-corrected chi connectivity index (χ2v) is 15.9. The van der Waals surface area contributed by atoms with E-state index >= 15 is 0 Å². The molecule has 0 aliphatic rings. The fraction of sp³-hybridized carbons (Fsp3) is 0.333. The predicted octanol–water partition coefficient (Wildman–Crippen LogP) is 13.1. The molecule has 322 valence electrons. The molecule has 0 amide bonds. The first-order valence-electron chi connectivity index (χ1n) is 22.1. The molecule has 0 saturated heterocycles. The Labute approximate surface area is 367 Å². The first kappa shape index (κ1) is 45.3. The molecule has 6 aromatic rings. The second kappa shape index (κ2) is 22.5. The smallest absolute Gasteiger partial charge is 0.211 e. The Bertz CT molecular complexity index is 2190. The lowest BCUT2D eigenvalue weighted by atomic mass is 9.97. The minimum absolute atomic E-state index is 0.150. The van der Waals surface area contributed by atoms with Gasteiger partial charge in [-0.05, 0) is 121 Å². The zero-order valence-electron chi connectivity index (χ0n) is 37.1. The lowest BCUT2D eigenvalue weighted by Crippen LogP contribution is -2.11. The molecular formula is C54H60N2O6. The Morgan fingerprint density at radius 2 is 0.887 bits per heavy atom. The Kier molecular flexibility index (Phi) is 16.4. The van der Waals surface area contributed by atoms with Crippen LogP contribution in [0.15, 0.2) is 122 Å². The van der Waals surface area contributed by atoms with Crippen molar-refractivity contribution >= 4 is 11.6 Å². The molecule has 0 aliphatic carbocycles. The van der Waals surface area contributed by atoms with Crippen molar-refractivity contribution < 1.29 is 28.5 Å². The Morgan fingerprint density at radius 1 is 0.500 bits per heavy atom. The number of aromatic nitrogens is 2. The van der Waals surface area contributed by atoms with E-state index < -0.39 is 0 Å². The van der Waals surface area contributed by atoms with E-state index in [2.05, 4.69) is 37.7 Å². The predicted molar refractivity (Wildman–Crippen MR) is 249 cm³/mol. The largest absolute Gasteiger partial charge is 0.496 e. The molecule has 0 bridgehead atoms. The number of ether oxygens (including phenoxy) is 4. The van der Waals surface area contributed by atoms with Gasteiger partial charge in [0.25, 0.3) is 0 Å². The van der Waals surface area contributed by atoms with Crippen molar-refractivity contribution in [2.45, 2.75) is 79.1 Å². The summed E-state index contributed by atoms with van der Waals surface area (Å²) in [6.45, 7) is 10.2. The highest BCUT2D eigenvalue weighted by atomic mass is 16.5. The summed E-state index contributed by atoms with van der Waals surface area (Å²) in [5.74, 6) is 3.64. The van der Waals surface area contributed by atoms with Crippen molar-refractivity contribution in [3.05, 3.63) is 144 Å². The lowest BCUT2D eigenvalue weighted by molar-refractivity contribution is 0.102. The molecule has 0 saturated carbocycles. The summed E-state index contributed by atoms with van der Waals surface area (Å²) in [6.07, 6.45) is 12.7. The van der Waals surface area contributed by atoms with E-state index in [1.165, 1.54) is 38.5 Å². The number of hydrogen-bond donors (Lipinski definition) is 0. The van der Waals surface area contributed by atoms with E-state index in [9.17, 15) is 9.59 Å². The van der Waals surface area contributed by atoms with Gasteiger partial charge in [-0.2, -0.15) is 0 Å². The number of carbonyl (C=O) groups is 2. The van der Waals surface area contributed by atoms with Gasteiger partial charge in [0, 0.05) is 45.8 Å². The summed E-state index contributed by atoms with van der Waals surface area (Å²) in [5, 5.41) is 0. The minimum Gasteiger partial charge on any atom is -0.496 e. The van der Waals surface area contributed by atoms with Gasteiger partial charge in [0.05, 0.1) is 27.4 Å². The number of nitrogens with zero attached hydrogens (tertiary/aromatic N) is 2. The molecule has 2 atom stereocenters. The van der Waals surface area contributed by atoms with Crippen LogP contribution >= 0.6 is 0 Å². The molecule has 0 radical (unpaired) electrons. The second-order valence-electron chi connectivity index (χ2n) is 15.9. The van der Waals surface area contributed by atoms with Crippen LogP contribution in [0, 0.1) is 11.8 Å². The van der Waals surface area contributed by atoms with Gasteiger partial charge in [0.15, 0.2) is 0 Å². The summed E-state index contributed by atoms with van der Waals surface area (Å²) >= 11 is 0. The van der Waals surface area contributed by atoms with Gasteiger partial charge in [-0.25, -0.2) is 0 Å². The van der Waals surface area contributed by atoms with Gasteiger partial charge in [-0.3, -0.25) is 19.6 Å². The molecule has 0 spiro atoms. The quantitative estimate of drug-likeness (QED) is 0.0589. The molecule has 2 unspecified atom stereocenters. The fourth-order valence-corrected chi connectivity index (χ4v) is 7.52.